The minimum absolute atomic E-state index is 0.241. The zero-order valence-corrected chi connectivity index (χ0v) is 15.6. The predicted molar refractivity (Wildman–Crippen MR) is 102 cm³/mol. The Balaban J connectivity index is 2.00. The summed E-state index contributed by atoms with van der Waals surface area (Å²) in [5.41, 5.74) is 7.67. The summed E-state index contributed by atoms with van der Waals surface area (Å²) >= 11 is 0. The Hall–Kier alpha value is -1.56. The van der Waals surface area contributed by atoms with E-state index in [9.17, 15) is 0 Å². The standard InChI is InChI=1S/C23H32/c1-6-18-10-8-11-19(16-18)12-9-13-20-14-15-22(23(3,4)5)21(7-2)17-20/h8,10-11,14-17H,6-7,9,12-13H2,1-5H3. The van der Waals surface area contributed by atoms with Crippen LogP contribution in [0.15, 0.2) is 42.5 Å². The molecule has 2 aromatic carbocycles. The molecule has 2 aromatic rings. The van der Waals surface area contributed by atoms with Gasteiger partial charge in [0.2, 0.25) is 0 Å². The zero-order chi connectivity index (χ0) is 16.9. The fourth-order valence-electron chi connectivity index (χ4n) is 3.33. The Morgan fingerprint density at radius 3 is 2.00 bits per heavy atom. The molecule has 0 unspecified atom stereocenters. The second kappa shape index (κ2) is 7.81. The molecule has 23 heavy (non-hydrogen) atoms. The zero-order valence-electron chi connectivity index (χ0n) is 15.6. The van der Waals surface area contributed by atoms with Crippen molar-refractivity contribution in [3.05, 3.63) is 70.3 Å². The van der Waals surface area contributed by atoms with E-state index in [0.717, 1.165) is 12.8 Å². The quantitative estimate of drug-likeness (QED) is 0.588. The number of hydrogen-bond donors (Lipinski definition) is 0. The van der Waals surface area contributed by atoms with Crippen LogP contribution in [0.1, 0.15) is 68.9 Å². The van der Waals surface area contributed by atoms with E-state index in [1.807, 2.05) is 0 Å². The highest BCUT2D eigenvalue weighted by atomic mass is 14.2. The number of hydrogen-bond acceptors (Lipinski definition) is 0. The van der Waals surface area contributed by atoms with Crippen LogP contribution in [0.5, 0.6) is 0 Å². The molecule has 124 valence electrons. The smallest absolute Gasteiger partial charge is 0.0129 e. The van der Waals surface area contributed by atoms with E-state index >= 15 is 0 Å². The van der Waals surface area contributed by atoms with E-state index in [1.165, 1.54) is 47.1 Å². The van der Waals surface area contributed by atoms with E-state index in [1.54, 1.807) is 0 Å². The second-order valence-electron chi connectivity index (χ2n) is 7.62. The highest BCUT2D eigenvalue weighted by molar-refractivity contribution is 5.36. The predicted octanol–water partition coefficient (Wildman–Crippen LogP) is 6.28. The van der Waals surface area contributed by atoms with Crippen LogP contribution in [0.4, 0.5) is 0 Å². The summed E-state index contributed by atoms with van der Waals surface area (Å²) in [6.07, 6.45) is 5.83. The first-order valence-electron chi connectivity index (χ1n) is 9.14. The Kier molecular flexibility index (Phi) is 6.04. The van der Waals surface area contributed by atoms with Crippen LogP contribution in [0.2, 0.25) is 0 Å². The summed E-state index contributed by atoms with van der Waals surface area (Å²) in [6, 6.07) is 16.2. The molecule has 0 amide bonds. The topological polar surface area (TPSA) is 0 Å². The molecular weight excluding hydrogens is 276 g/mol. The van der Waals surface area contributed by atoms with Crippen molar-refractivity contribution in [1.82, 2.24) is 0 Å². The fourth-order valence-corrected chi connectivity index (χ4v) is 3.33. The van der Waals surface area contributed by atoms with Gasteiger partial charge < -0.3 is 0 Å². The van der Waals surface area contributed by atoms with Gasteiger partial charge in [0.25, 0.3) is 0 Å². The van der Waals surface area contributed by atoms with Crippen molar-refractivity contribution in [2.24, 2.45) is 0 Å². The third-order valence-electron chi connectivity index (χ3n) is 4.69. The molecule has 0 nitrogen and oxygen atoms in total. The second-order valence-corrected chi connectivity index (χ2v) is 7.62. The van der Waals surface area contributed by atoms with Gasteiger partial charge >= 0.3 is 0 Å². The maximum Gasteiger partial charge on any atom is -0.0129 e. The van der Waals surface area contributed by atoms with Crippen LogP contribution in [0, 0.1) is 0 Å². The number of aryl methyl sites for hydroxylation is 4. The van der Waals surface area contributed by atoms with E-state index in [2.05, 4.69) is 77.1 Å². The molecule has 0 aliphatic heterocycles. The summed E-state index contributed by atoms with van der Waals surface area (Å²) in [5.74, 6) is 0. The molecule has 0 N–H and O–H groups in total. The van der Waals surface area contributed by atoms with Gasteiger partial charge in [-0.3, -0.25) is 0 Å². The van der Waals surface area contributed by atoms with Crippen LogP contribution < -0.4 is 0 Å². The lowest BCUT2D eigenvalue weighted by molar-refractivity contribution is 0.582. The lowest BCUT2D eigenvalue weighted by atomic mass is 9.82. The third-order valence-corrected chi connectivity index (χ3v) is 4.69. The van der Waals surface area contributed by atoms with E-state index in [-0.39, 0.29) is 5.41 Å². The first-order chi connectivity index (χ1) is 10.9. The van der Waals surface area contributed by atoms with Crippen LogP contribution >= 0.6 is 0 Å². The molecule has 0 heteroatoms. The number of rotatable bonds is 6. The summed E-state index contributed by atoms with van der Waals surface area (Å²) in [6.45, 7) is 11.4. The minimum atomic E-state index is 0.241. The van der Waals surface area contributed by atoms with Crippen LogP contribution in [0.3, 0.4) is 0 Å². The molecule has 0 aromatic heterocycles. The van der Waals surface area contributed by atoms with Crippen molar-refractivity contribution in [3.8, 4) is 0 Å². The highest BCUT2D eigenvalue weighted by Gasteiger charge is 2.17. The summed E-state index contributed by atoms with van der Waals surface area (Å²) in [7, 11) is 0. The average Bonchev–Trinajstić information content (AvgIpc) is 2.54. The lowest BCUT2D eigenvalue weighted by Crippen LogP contribution is -2.14. The molecule has 0 atom stereocenters. The van der Waals surface area contributed by atoms with Crippen molar-refractivity contribution in [2.75, 3.05) is 0 Å². The molecule has 0 radical (unpaired) electrons. The largest absolute Gasteiger partial charge is 0.0617 e. The average molecular weight is 309 g/mol. The van der Waals surface area contributed by atoms with Crippen molar-refractivity contribution in [1.29, 1.82) is 0 Å². The van der Waals surface area contributed by atoms with Crippen molar-refractivity contribution >= 4 is 0 Å². The SMILES string of the molecule is CCc1cccc(CCCc2ccc(C(C)(C)C)c(CC)c2)c1. The molecule has 0 heterocycles. The fraction of sp³-hybridized carbons (Fsp3) is 0.478. The van der Waals surface area contributed by atoms with Gasteiger partial charge in [-0.25, -0.2) is 0 Å². The van der Waals surface area contributed by atoms with Gasteiger partial charge in [-0.15, -0.1) is 0 Å². The highest BCUT2D eigenvalue weighted by Crippen LogP contribution is 2.27. The van der Waals surface area contributed by atoms with E-state index in [4.69, 9.17) is 0 Å². The molecule has 0 aliphatic carbocycles. The summed E-state index contributed by atoms with van der Waals surface area (Å²) in [5, 5.41) is 0. The maximum absolute atomic E-state index is 2.43. The summed E-state index contributed by atoms with van der Waals surface area (Å²) < 4.78 is 0. The van der Waals surface area contributed by atoms with Gasteiger partial charge in [0.05, 0.1) is 0 Å². The van der Waals surface area contributed by atoms with E-state index < -0.39 is 0 Å². The molecule has 0 saturated heterocycles. The van der Waals surface area contributed by atoms with Crippen molar-refractivity contribution < 1.29 is 0 Å². The van der Waals surface area contributed by atoms with Gasteiger partial charge in [-0.1, -0.05) is 77.1 Å². The molecule has 0 fully saturated rings. The number of benzene rings is 2. The molecule has 0 aliphatic rings. The maximum atomic E-state index is 2.43. The third kappa shape index (κ3) is 4.96. The Labute approximate surface area is 143 Å². The minimum Gasteiger partial charge on any atom is -0.0617 e. The van der Waals surface area contributed by atoms with E-state index in [0.29, 0.717) is 0 Å². The Morgan fingerprint density at radius 2 is 1.39 bits per heavy atom. The Bertz CT molecular complexity index is 629. The van der Waals surface area contributed by atoms with Crippen molar-refractivity contribution in [3.63, 3.8) is 0 Å². The van der Waals surface area contributed by atoms with Crippen LogP contribution in [0.25, 0.3) is 0 Å². The van der Waals surface area contributed by atoms with Gasteiger partial charge in [0, 0.05) is 0 Å². The molecular formula is C23H32. The van der Waals surface area contributed by atoms with Gasteiger partial charge in [-0.2, -0.15) is 0 Å². The van der Waals surface area contributed by atoms with Crippen LogP contribution in [-0.2, 0) is 31.1 Å². The van der Waals surface area contributed by atoms with Gasteiger partial charge in [-0.05, 0) is 65.3 Å². The van der Waals surface area contributed by atoms with Crippen LogP contribution in [-0.4, -0.2) is 0 Å². The summed E-state index contributed by atoms with van der Waals surface area (Å²) in [4.78, 5) is 0. The normalized spacial score (nSPS) is 11.7. The van der Waals surface area contributed by atoms with Gasteiger partial charge in [0.1, 0.15) is 0 Å². The molecule has 0 bridgehead atoms. The first kappa shape index (κ1) is 17.8. The first-order valence-corrected chi connectivity index (χ1v) is 9.14. The monoisotopic (exact) mass is 308 g/mol. The van der Waals surface area contributed by atoms with Gasteiger partial charge in [0.15, 0.2) is 0 Å². The molecule has 0 saturated carbocycles. The molecule has 2 rings (SSSR count). The Morgan fingerprint density at radius 1 is 0.739 bits per heavy atom. The molecule has 0 spiro atoms. The van der Waals surface area contributed by atoms with Crippen molar-refractivity contribution in [2.45, 2.75) is 72.1 Å². The lowest BCUT2D eigenvalue weighted by Gasteiger charge is -2.23.